The quantitative estimate of drug-likeness (QED) is 0.734. The van der Waals surface area contributed by atoms with Gasteiger partial charge in [-0.05, 0) is 38.0 Å². The van der Waals surface area contributed by atoms with Crippen LogP contribution in [0.4, 0.5) is 0 Å². The van der Waals surface area contributed by atoms with Gasteiger partial charge < -0.3 is 5.32 Å². The molecular weight excluding hydrogens is 178 g/mol. The van der Waals surface area contributed by atoms with Gasteiger partial charge >= 0.3 is 0 Å². The zero-order valence-electron chi connectivity index (χ0n) is 9.18. The summed E-state index contributed by atoms with van der Waals surface area (Å²) in [6.45, 7) is 4.65. The molecule has 1 fully saturated rings. The lowest BCUT2D eigenvalue weighted by molar-refractivity contribution is 0.583. The van der Waals surface area contributed by atoms with Crippen LogP contribution in [0.5, 0.6) is 0 Å². The lowest BCUT2D eigenvalue weighted by Gasteiger charge is -2.13. The van der Waals surface area contributed by atoms with Crippen molar-refractivity contribution >= 4 is 11.8 Å². The van der Waals surface area contributed by atoms with Crippen LogP contribution in [0, 0.1) is 5.92 Å². The molecule has 0 saturated heterocycles. The lowest BCUT2D eigenvalue weighted by atomic mass is 10.2. The summed E-state index contributed by atoms with van der Waals surface area (Å²) in [6, 6.07) is 0.800. The first-order valence-electron chi connectivity index (χ1n) is 5.55. The third-order valence-electron chi connectivity index (χ3n) is 3.11. The minimum atomic E-state index is 0.800. The van der Waals surface area contributed by atoms with E-state index in [-0.39, 0.29) is 0 Å². The SMILES string of the molecule is CCC(C)CSC1CCC(NC)C1. The Balaban J connectivity index is 2.10. The van der Waals surface area contributed by atoms with Gasteiger partial charge in [0.1, 0.15) is 0 Å². The summed E-state index contributed by atoms with van der Waals surface area (Å²) in [4.78, 5) is 0. The molecular formula is C11H23NS. The van der Waals surface area contributed by atoms with Crippen LogP contribution >= 0.6 is 11.8 Å². The van der Waals surface area contributed by atoms with Crippen molar-refractivity contribution in [3.8, 4) is 0 Å². The molecule has 0 radical (unpaired) electrons. The smallest absolute Gasteiger partial charge is 0.00750 e. The normalized spacial score (nSPS) is 30.7. The lowest BCUT2D eigenvalue weighted by Crippen LogP contribution is -2.21. The highest BCUT2D eigenvalue weighted by molar-refractivity contribution is 7.99. The Morgan fingerprint density at radius 3 is 2.77 bits per heavy atom. The summed E-state index contributed by atoms with van der Waals surface area (Å²) in [5, 5.41) is 4.32. The van der Waals surface area contributed by atoms with E-state index in [1.807, 2.05) is 0 Å². The van der Waals surface area contributed by atoms with Gasteiger partial charge in [-0.1, -0.05) is 20.3 Å². The van der Waals surface area contributed by atoms with E-state index >= 15 is 0 Å². The highest BCUT2D eigenvalue weighted by atomic mass is 32.2. The van der Waals surface area contributed by atoms with Crippen LogP contribution in [-0.2, 0) is 0 Å². The summed E-state index contributed by atoms with van der Waals surface area (Å²) in [5.41, 5.74) is 0. The van der Waals surface area contributed by atoms with Gasteiger partial charge in [-0.25, -0.2) is 0 Å². The topological polar surface area (TPSA) is 12.0 Å². The molecule has 0 amide bonds. The van der Waals surface area contributed by atoms with E-state index in [4.69, 9.17) is 0 Å². The van der Waals surface area contributed by atoms with Crippen molar-refractivity contribution in [1.29, 1.82) is 0 Å². The van der Waals surface area contributed by atoms with Gasteiger partial charge in [0.2, 0.25) is 0 Å². The van der Waals surface area contributed by atoms with Crippen molar-refractivity contribution in [1.82, 2.24) is 5.32 Å². The van der Waals surface area contributed by atoms with Crippen molar-refractivity contribution in [2.75, 3.05) is 12.8 Å². The molecule has 1 aliphatic carbocycles. The van der Waals surface area contributed by atoms with Crippen LogP contribution in [0.3, 0.4) is 0 Å². The van der Waals surface area contributed by atoms with Crippen molar-refractivity contribution in [3.63, 3.8) is 0 Å². The number of hydrogen-bond acceptors (Lipinski definition) is 2. The Morgan fingerprint density at radius 2 is 2.23 bits per heavy atom. The fraction of sp³-hybridized carbons (Fsp3) is 1.00. The first-order valence-corrected chi connectivity index (χ1v) is 6.60. The largest absolute Gasteiger partial charge is 0.317 e. The number of nitrogens with one attached hydrogen (secondary N) is 1. The predicted octanol–water partition coefficient (Wildman–Crippen LogP) is 2.91. The van der Waals surface area contributed by atoms with Gasteiger partial charge in [0.05, 0.1) is 0 Å². The molecule has 0 aromatic heterocycles. The Labute approximate surface area is 87.1 Å². The molecule has 13 heavy (non-hydrogen) atoms. The Bertz CT molecular complexity index is 138. The fourth-order valence-electron chi connectivity index (χ4n) is 1.77. The van der Waals surface area contributed by atoms with Crippen molar-refractivity contribution in [2.24, 2.45) is 5.92 Å². The van der Waals surface area contributed by atoms with Crippen LogP contribution in [0.2, 0.25) is 0 Å². The van der Waals surface area contributed by atoms with Crippen molar-refractivity contribution < 1.29 is 0 Å². The molecule has 1 rings (SSSR count). The zero-order chi connectivity index (χ0) is 9.68. The average molecular weight is 201 g/mol. The molecule has 3 unspecified atom stereocenters. The van der Waals surface area contributed by atoms with Gasteiger partial charge in [0.15, 0.2) is 0 Å². The number of rotatable bonds is 5. The maximum atomic E-state index is 3.38. The van der Waals surface area contributed by atoms with E-state index in [1.165, 1.54) is 31.4 Å². The third kappa shape index (κ3) is 3.90. The summed E-state index contributed by atoms with van der Waals surface area (Å²) in [6.07, 6.45) is 5.52. The molecule has 2 heteroatoms. The molecule has 1 aliphatic rings. The summed E-state index contributed by atoms with van der Waals surface area (Å²) in [7, 11) is 2.09. The van der Waals surface area contributed by atoms with Gasteiger partial charge in [0.25, 0.3) is 0 Å². The predicted molar refractivity (Wildman–Crippen MR) is 62.4 cm³/mol. The Morgan fingerprint density at radius 1 is 1.46 bits per heavy atom. The molecule has 78 valence electrons. The molecule has 0 bridgehead atoms. The molecule has 1 nitrogen and oxygen atoms in total. The van der Waals surface area contributed by atoms with E-state index < -0.39 is 0 Å². The van der Waals surface area contributed by atoms with Crippen LogP contribution in [-0.4, -0.2) is 24.1 Å². The first kappa shape index (κ1) is 11.4. The second kappa shape index (κ2) is 5.92. The monoisotopic (exact) mass is 201 g/mol. The van der Waals surface area contributed by atoms with E-state index in [0.717, 1.165) is 17.2 Å². The van der Waals surface area contributed by atoms with Crippen molar-refractivity contribution in [3.05, 3.63) is 0 Å². The minimum absolute atomic E-state index is 0.800. The molecule has 0 aromatic carbocycles. The van der Waals surface area contributed by atoms with Crippen molar-refractivity contribution in [2.45, 2.75) is 50.8 Å². The molecule has 0 spiro atoms. The second-order valence-corrected chi connectivity index (χ2v) is 5.60. The second-order valence-electron chi connectivity index (χ2n) is 4.27. The number of hydrogen-bond donors (Lipinski definition) is 1. The minimum Gasteiger partial charge on any atom is -0.317 e. The van der Waals surface area contributed by atoms with Crippen LogP contribution < -0.4 is 5.32 Å². The Hall–Kier alpha value is 0.310. The zero-order valence-corrected chi connectivity index (χ0v) is 9.99. The van der Waals surface area contributed by atoms with E-state index in [9.17, 15) is 0 Å². The van der Waals surface area contributed by atoms with Gasteiger partial charge in [-0.2, -0.15) is 11.8 Å². The highest BCUT2D eigenvalue weighted by Crippen LogP contribution is 2.31. The van der Waals surface area contributed by atoms with Crippen LogP contribution in [0.15, 0.2) is 0 Å². The summed E-state index contributed by atoms with van der Waals surface area (Å²) >= 11 is 2.20. The fourth-order valence-corrected chi connectivity index (χ4v) is 3.28. The molecule has 0 heterocycles. The van der Waals surface area contributed by atoms with Crippen LogP contribution in [0.1, 0.15) is 39.5 Å². The van der Waals surface area contributed by atoms with E-state index in [0.29, 0.717) is 0 Å². The maximum absolute atomic E-state index is 3.38. The van der Waals surface area contributed by atoms with Gasteiger partial charge in [0, 0.05) is 11.3 Å². The Kier molecular flexibility index (Phi) is 5.18. The highest BCUT2D eigenvalue weighted by Gasteiger charge is 2.23. The molecule has 3 atom stereocenters. The van der Waals surface area contributed by atoms with E-state index in [2.05, 4.69) is 38.0 Å². The molecule has 1 N–H and O–H groups in total. The third-order valence-corrected chi connectivity index (χ3v) is 4.77. The van der Waals surface area contributed by atoms with Gasteiger partial charge in [-0.15, -0.1) is 0 Å². The number of thioether (sulfide) groups is 1. The maximum Gasteiger partial charge on any atom is 0.00750 e. The molecule has 0 aromatic rings. The summed E-state index contributed by atoms with van der Waals surface area (Å²) in [5.74, 6) is 2.26. The molecule has 1 saturated carbocycles. The first-order chi connectivity index (χ1) is 6.26. The average Bonchev–Trinajstić information content (AvgIpc) is 2.61. The van der Waals surface area contributed by atoms with E-state index in [1.54, 1.807) is 0 Å². The molecule has 0 aliphatic heterocycles. The standard InChI is InChI=1S/C11H23NS/c1-4-9(2)8-13-11-6-5-10(7-11)12-3/h9-12H,4-8H2,1-3H3. The van der Waals surface area contributed by atoms with Gasteiger partial charge in [-0.3, -0.25) is 0 Å². The summed E-state index contributed by atoms with van der Waals surface area (Å²) < 4.78 is 0. The van der Waals surface area contributed by atoms with Crippen LogP contribution in [0.25, 0.3) is 0 Å².